The fraction of sp³-hybridized carbons (Fsp3) is 0.533. The van der Waals surface area contributed by atoms with Gasteiger partial charge in [0.1, 0.15) is 5.75 Å². The van der Waals surface area contributed by atoms with E-state index in [0.29, 0.717) is 11.6 Å². The Labute approximate surface area is 124 Å². The van der Waals surface area contributed by atoms with Gasteiger partial charge >= 0.3 is 6.03 Å². The zero-order valence-electron chi connectivity index (χ0n) is 12.4. The Morgan fingerprint density at radius 1 is 1.48 bits per heavy atom. The lowest BCUT2D eigenvalue weighted by Gasteiger charge is -2.33. The van der Waals surface area contributed by atoms with Crippen molar-refractivity contribution >= 4 is 6.03 Å². The Kier molecular flexibility index (Phi) is 4.69. The van der Waals surface area contributed by atoms with E-state index < -0.39 is 12.1 Å². The van der Waals surface area contributed by atoms with Crippen LogP contribution in [-0.4, -0.2) is 28.3 Å². The summed E-state index contributed by atoms with van der Waals surface area (Å²) in [6.07, 6.45) is 0.893. The van der Waals surface area contributed by atoms with Gasteiger partial charge in [0.15, 0.2) is 0 Å². The highest BCUT2D eigenvalue weighted by molar-refractivity contribution is 5.71. The van der Waals surface area contributed by atoms with E-state index >= 15 is 0 Å². The molecule has 0 saturated carbocycles. The Morgan fingerprint density at radius 3 is 2.81 bits per heavy atom. The first-order chi connectivity index (χ1) is 9.90. The van der Waals surface area contributed by atoms with Gasteiger partial charge in [0.2, 0.25) is 0 Å². The maximum atomic E-state index is 10.9. The van der Waals surface area contributed by atoms with Crippen molar-refractivity contribution in [2.24, 2.45) is 5.73 Å². The molecule has 0 radical (unpaired) electrons. The number of aliphatic hydroxyl groups is 1. The van der Waals surface area contributed by atoms with Gasteiger partial charge in [-0.1, -0.05) is 19.9 Å². The molecule has 0 fully saturated rings. The van der Waals surface area contributed by atoms with E-state index in [4.69, 9.17) is 5.73 Å². The van der Waals surface area contributed by atoms with Crippen molar-refractivity contribution in [1.29, 1.82) is 0 Å². The summed E-state index contributed by atoms with van der Waals surface area (Å²) in [5, 5.41) is 26.3. The van der Waals surface area contributed by atoms with Crippen LogP contribution in [0.15, 0.2) is 12.1 Å². The number of aliphatic hydroxyl groups excluding tert-OH is 1. The van der Waals surface area contributed by atoms with Crippen molar-refractivity contribution in [3.63, 3.8) is 0 Å². The molecule has 1 aliphatic rings. The topological polar surface area (TPSA) is 108 Å². The quantitative estimate of drug-likeness (QED) is 0.568. The average Bonchev–Trinajstić information content (AvgIpc) is 2.40. The lowest BCUT2D eigenvalue weighted by Crippen LogP contribution is -2.42. The third-order valence-corrected chi connectivity index (χ3v) is 3.83. The van der Waals surface area contributed by atoms with Gasteiger partial charge < -0.3 is 26.6 Å². The van der Waals surface area contributed by atoms with Crippen molar-refractivity contribution in [3.05, 3.63) is 28.8 Å². The van der Waals surface area contributed by atoms with E-state index in [1.165, 1.54) is 0 Å². The van der Waals surface area contributed by atoms with Crippen LogP contribution in [0, 0.1) is 0 Å². The van der Waals surface area contributed by atoms with Crippen molar-refractivity contribution < 1.29 is 15.0 Å². The molecule has 21 heavy (non-hydrogen) atoms. The number of carbonyl (C=O) groups excluding carboxylic acids is 1. The molecule has 1 aliphatic carbocycles. The number of phenolic OH excluding ortho intramolecular Hbond substituents is 1. The number of primary amides is 1. The molecule has 6 N–H and O–H groups in total. The molecule has 0 saturated heterocycles. The van der Waals surface area contributed by atoms with Gasteiger partial charge in [0, 0.05) is 24.2 Å². The van der Waals surface area contributed by atoms with Gasteiger partial charge in [0.05, 0.1) is 6.10 Å². The van der Waals surface area contributed by atoms with Crippen molar-refractivity contribution in [2.75, 3.05) is 0 Å². The molecule has 0 heterocycles. The Morgan fingerprint density at radius 2 is 2.19 bits per heavy atom. The lowest BCUT2D eigenvalue weighted by atomic mass is 9.82. The normalized spacial score (nSPS) is 21.1. The Bertz CT molecular complexity index is 531. The molecule has 6 heteroatoms. The SMILES string of the molecule is CC(C)N[C@@H]1CCc2c(ccc(O)c2CNC(N)=O)[C@H]1O. The predicted octanol–water partition coefficient (Wildman–Crippen LogP) is 0.907. The van der Waals surface area contributed by atoms with Crippen molar-refractivity contribution in [3.8, 4) is 5.75 Å². The molecule has 2 atom stereocenters. The molecule has 2 amide bonds. The first-order valence-corrected chi connectivity index (χ1v) is 7.21. The van der Waals surface area contributed by atoms with Gasteiger partial charge in [-0.05, 0) is 30.0 Å². The largest absolute Gasteiger partial charge is 0.508 e. The maximum absolute atomic E-state index is 10.9. The molecule has 1 aromatic carbocycles. The minimum atomic E-state index is -0.636. The first kappa shape index (κ1) is 15.6. The molecule has 2 rings (SSSR count). The molecule has 0 unspecified atom stereocenters. The average molecular weight is 293 g/mol. The van der Waals surface area contributed by atoms with Crippen molar-refractivity contribution in [1.82, 2.24) is 10.6 Å². The third-order valence-electron chi connectivity index (χ3n) is 3.83. The second-order valence-electron chi connectivity index (χ2n) is 5.76. The van der Waals surface area contributed by atoms with Gasteiger partial charge in [-0.15, -0.1) is 0 Å². The summed E-state index contributed by atoms with van der Waals surface area (Å²) < 4.78 is 0. The molecule has 0 spiro atoms. The molecule has 0 bridgehead atoms. The van der Waals surface area contributed by atoms with Crippen molar-refractivity contribution in [2.45, 2.75) is 51.4 Å². The Balaban J connectivity index is 2.28. The summed E-state index contributed by atoms with van der Waals surface area (Å²) in [6, 6.07) is 2.95. The summed E-state index contributed by atoms with van der Waals surface area (Å²) in [7, 11) is 0. The van der Waals surface area contributed by atoms with Gasteiger partial charge in [0.25, 0.3) is 0 Å². The number of fused-ring (bicyclic) bond motifs is 1. The fourth-order valence-electron chi connectivity index (χ4n) is 2.92. The summed E-state index contributed by atoms with van der Waals surface area (Å²) in [5.41, 5.74) is 7.42. The zero-order valence-corrected chi connectivity index (χ0v) is 12.4. The monoisotopic (exact) mass is 293 g/mol. The van der Waals surface area contributed by atoms with Crippen LogP contribution in [-0.2, 0) is 13.0 Å². The number of rotatable bonds is 4. The number of urea groups is 1. The highest BCUT2D eigenvalue weighted by Gasteiger charge is 2.30. The van der Waals surface area contributed by atoms with Gasteiger partial charge in [-0.2, -0.15) is 0 Å². The molecular formula is C15H23N3O3. The van der Waals surface area contributed by atoms with Crippen LogP contribution in [0.3, 0.4) is 0 Å². The number of carbonyl (C=O) groups is 1. The lowest BCUT2D eigenvalue weighted by molar-refractivity contribution is 0.110. The van der Waals surface area contributed by atoms with Crippen LogP contribution in [0.4, 0.5) is 4.79 Å². The predicted molar refractivity (Wildman–Crippen MR) is 79.9 cm³/mol. The maximum Gasteiger partial charge on any atom is 0.312 e. The smallest absolute Gasteiger partial charge is 0.312 e. The summed E-state index contributed by atoms with van der Waals surface area (Å²) in [4.78, 5) is 10.9. The minimum absolute atomic E-state index is 0.000933. The number of amides is 2. The molecule has 1 aromatic rings. The van der Waals surface area contributed by atoms with Crippen LogP contribution in [0.25, 0.3) is 0 Å². The van der Waals surface area contributed by atoms with Crippen LogP contribution in [0.1, 0.15) is 43.1 Å². The standard InChI is InChI=1S/C15H23N3O3/c1-8(2)18-12-5-3-9-10(14(12)20)4-6-13(19)11(9)7-17-15(16)21/h4,6,8,12,14,18-20H,3,5,7H2,1-2H3,(H3,16,17,21)/t12-,14-/m1/s1. The van der Waals surface area contributed by atoms with E-state index in [9.17, 15) is 15.0 Å². The summed E-state index contributed by atoms with van der Waals surface area (Å²) in [6.45, 7) is 4.25. The number of nitrogens with two attached hydrogens (primary N) is 1. The Hall–Kier alpha value is -1.79. The summed E-state index contributed by atoms with van der Waals surface area (Å²) >= 11 is 0. The fourth-order valence-corrected chi connectivity index (χ4v) is 2.92. The van der Waals surface area contributed by atoms with Gasteiger partial charge in [-0.3, -0.25) is 0 Å². The summed E-state index contributed by atoms with van der Waals surface area (Å²) in [5.74, 6) is 0.116. The van der Waals surface area contributed by atoms with Crippen LogP contribution in [0.5, 0.6) is 5.75 Å². The number of phenols is 1. The molecule has 0 aliphatic heterocycles. The third kappa shape index (κ3) is 3.46. The zero-order chi connectivity index (χ0) is 15.6. The second-order valence-corrected chi connectivity index (χ2v) is 5.76. The number of hydrogen-bond acceptors (Lipinski definition) is 4. The highest BCUT2D eigenvalue weighted by Crippen LogP contribution is 2.36. The van der Waals surface area contributed by atoms with E-state index in [2.05, 4.69) is 10.6 Å². The van der Waals surface area contributed by atoms with Crippen LogP contribution in [0.2, 0.25) is 0 Å². The number of benzene rings is 1. The first-order valence-electron chi connectivity index (χ1n) is 7.21. The molecule has 0 aromatic heterocycles. The van der Waals surface area contributed by atoms with E-state index in [0.717, 1.165) is 24.0 Å². The van der Waals surface area contributed by atoms with Crippen LogP contribution < -0.4 is 16.4 Å². The number of aromatic hydroxyl groups is 1. The second kappa shape index (κ2) is 6.32. The highest BCUT2D eigenvalue weighted by atomic mass is 16.3. The number of hydrogen-bond donors (Lipinski definition) is 5. The van der Waals surface area contributed by atoms with Crippen LogP contribution >= 0.6 is 0 Å². The minimum Gasteiger partial charge on any atom is -0.508 e. The molecule has 6 nitrogen and oxygen atoms in total. The van der Waals surface area contributed by atoms with Gasteiger partial charge in [-0.25, -0.2) is 4.79 Å². The molecular weight excluding hydrogens is 270 g/mol. The molecule has 116 valence electrons. The number of nitrogens with one attached hydrogen (secondary N) is 2. The van der Waals surface area contributed by atoms with E-state index in [1.807, 2.05) is 13.8 Å². The van der Waals surface area contributed by atoms with E-state index in [-0.39, 0.29) is 18.3 Å². The van der Waals surface area contributed by atoms with E-state index in [1.54, 1.807) is 12.1 Å².